The predicted molar refractivity (Wildman–Crippen MR) is 122 cm³/mol. The van der Waals surface area contributed by atoms with Crippen LogP contribution in [0.25, 0.3) is 11.0 Å². The van der Waals surface area contributed by atoms with Crippen LogP contribution in [0.2, 0.25) is 0 Å². The standard InChI is InChI=1S/C23H26F3NO3S2/c1-4-5-6-15(9-10-31-22-27-14(3)19(32-22)12-20(28)29)21-13(2)17-8-7-16(23(24,25)26)11-18(17)30-21/h7-8,11,15H,4-6,9-10,12H2,1-3H3,(H,28,29). The van der Waals surface area contributed by atoms with Crippen LogP contribution >= 0.6 is 23.1 Å². The van der Waals surface area contributed by atoms with Gasteiger partial charge >= 0.3 is 12.1 Å². The molecule has 0 saturated heterocycles. The summed E-state index contributed by atoms with van der Waals surface area (Å²) in [6.07, 6.45) is -0.723. The third kappa shape index (κ3) is 5.86. The Morgan fingerprint density at radius 3 is 2.69 bits per heavy atom. The number of aryl methyl sites for hydroxylation is 2. The largest absolute Gasteiger partial charge is 0.481 e. The number of aromatic nitrogens is 1. The van der Waals surface area contributed by atoms with Gasteiger partial charge in [-0.1, -0.05) is 37.6 Å². The van der Waals surface area contributed by atoms with Crippen molar-refractivity contribution in [2.75, 3.05) is 5.75 Å². The molecule has 1 aromatic carbocycles. The van der Waals surface area contributed by atoms with Crippen molar-refractivity contribution < 1.29 is 27.5 Å². The van der Waals surface area contributed by atoms with Gasteiger partial charge in [-0.15, -0.1) is 11.3 Å². The van der Waals surface area contributed by atoms with E-state index in [1.54, 1.807) is 11.8 Å². The highest BCUT2D eigenvalue weighted by Crippen LogP contribution is 2.39. The highest BCUT2D eigenvalue weighted by Gasteiger charge is 2.31. The summed E-state index contributed by atoms with van der Waals surface area (Å²) in [6, 6.07) is 3.68. The number of hydrogen-bond acceptors (Lipinski definition) is 5. The summed E-state index contributed by atoms with van der Waals surface area (Å²) in [5.74, 6) is 0.749. The SMILES string of the molecule is CCCCC(CCSc1nc(C)c(CC(=O)O)s1)c1oc2cc(C(F)(F)F)ccc2c1C. The first-order valence-electron chi connectivity index (χ1n) is 10.5. The summed E-state index contributed by atoms with van der Waals surface area (Å²) in [4.78, 5) is 16.2. The van der Waals surface area contributed by atoms with Crippen LogP contribution in [-0.2, 0) is 17.4 Å². The van der Waals surface area contributed by atoms with Crippen molar-refractivity contribution in [2.45, 2.75) is 69.3 Å². The average Bonchev–Trinajstić information content (AvgIpc) is 3.22. The molecule has 32 heavy (non-hydrogen) atoms. The number of carboxylic acid groups (broad SMARTS) is 1. The normalized spacial score (nSPS) is 13.1. The highest BCUT2D eigenvalue weighted by molar-refractivity contribution is 8.01. The van der Waals surface area contributed by atoms with Crippen LogP contribution in [0.1, 0.15) is 66.0 Å². The maximum Gasteiger partial charge on any atom is 0.416 e. The van der Waals surface area contributed by atoms with Gasteiger partial charge in [0.05, 0.1) is 17.7 Å². The van der Waals surface area contributed by atoms with Gasteiger partial charge in [0.2, 0.25) is 0 Å². The topological polar surface area (TPSA) is 63.3 Å². The number of thiazole rings is 1. The van der Waals surface area contributed by atoms with Gasteiger partial charge in [-0.3, -0.25) is 4.79 Å². The molecule has 0 aliphatic rings. The fraction of sp³-hybridized carbons (Fsp3) is 0.478. The number of unbranched alkanes of at least 4 members (excludes halogenated alkanes) is 1. The molecule has 0 bridgehead atoms. The van der Waals surface area contributed by atoms with E-state index in [1.807, 2.05) is 13.8 Å². The molecule has 3 rings (SSSR count). The Hall–Kier alpha value is -2.00. The Bertz CT molecular complexity index is 1090. The number of alkyl halides is 3. The van der Waals surface area contributed by atoms with Gasteiger partial charge in [0.25, 0.3) is 0 Å². The molecular weight excluding hydrogens is 459 g/mol. The second-order valence-corrected chi connectivity index (χ2v) is 10.3. The van der Waals surface area contributed by atoms with Crippen LogP contribution in [0.5, 0.6) is 0 Å². The smallest absolute Gasteiger partial charge is 0.416 e. The first-order chi connectivity index (χ1) is 15.1. The van der Waals surface area contributed by atoms with Crippen molar-refractivity contribution in [3.63, 3.8) is 0 Å². The molecule has 1 atom stereocenters. The molecule has 3 aromatic rings. The maximum absolute atomic E-state index is 13.1. The lowest BCUT2D eigenvalue weighted by atomic mass is 9.93. The van der Waals surface area contributed by atoms with Crippen molar-refractivity contribution in [1.29, 1.82) is 0 Å². The van der Waals surface area contributed by atoms with Crippen molar-refractivity contribution in [2.24, 2.45) is 0 Å². The third-order valence-corrected chi connectivity index (χ3v) is 7.79. The Morgan fingerprint density at radius 2 is 2.03 bits per heavy atom. The van der Waals surface area contributed by atoms with Crippen molar-refractivity contribution in [3.05, 3.63) is 45.7 Å². The van der Waals surface area contributed by atoms with Gasteiger partial charge < -0.3 is 9.52 Å². The number of halogens is 3. The lowest BCUT2D eigenvalue weighted by Gasteiger charge is -2.15. The van der Waals surface area contributed by atoms with Crippen LogP contribution in [0.4, 0.5) is 13.2 Å². The number of furan rings is 1. The molecular formula is C23H26F3NO3S2. The fourth-order valence-electron chi connectivity index (χ4n) is 3.72. The van der Waals surface area contributed by atoms with E-state index in [1.165, 1.54) is 17.4 Å². The molecule has 0 radical (unpaired) electrons. The molecule has 0 fully saturated rings. The summed E-state index contributed by atoms with van der Waals surface area (Å²) in [6.45, 7) is 5.83. The molecule has 1 N–H and O–H groups in total. The Morgan fingerprint density at radius 1 is 1.28 bits per heavy atom. The van der Waals surface area contributed by atoms with Gasteiger partial charge in [-0.2, -0.15) is 13.2 Å². The molecule has 4 nitrogen and oxygen atoms in total. The summed E-state index contributed by atoms with van der Waals surface area (Å²) >= 11 is 2.99. The molecule has 9 heteroatoms. The van der Waals surface area contributed by atoms with Crippen LogP contribution in [0.3, 0.4) is 0 Å². The number of nitrogens with zero attached hydrogens (tertiary/aromatic N) is 1. The van der Waals surface area contributed by atoms with E-state index < -0.39 is 17.7 Å². The predicted octanol–water partition coefficient (Wildman–Crippen LogP) is 7.61. The maximum atomic E-state index is 13.1. The van der Waals surface area contributed by atoms with Crippen molar-refractivity contribution >= 4 is 40.0 Å². The van der Waals surface area contributed by atoms with E-state index in [2.05, 4.69) is 11.9 Å². The highest BCUT2D eigenvalue weighted by atomic mass is 32.2. The second-order valence-electron chi connectivity index (χ2n) is 7.84. The minimum atomic E-state index is -4.40. The van der Waals surface area contributed by atoms with E-state index in [-0.39, 0.29) is 17.9 Å². The lowest BCUT2D eigenvalue weighted by Crippen LogP contribution is -2.03. The quantitative estimate of drug-likeness (QED) is 0.299. The minimum absolute atomic E-state index is 0.0265. The van der Waals surface area contributed by atoms with Gasteiger partial charge in [0.1, 0.15) is 15.7 Å². The number of thioether (sulfide) groups is 1. The number of aliphatic carboxylic acids is 1. The van der Waals surface area contributed by atoms with Crippen molar-refractivity contribution in [3.8, 4) is 0 Å². The van der Waals surface area contributed by atoms with E-state index in [4.69, 9.17) is 9.52 Å². The first-order valence-corrected chi connectivity index (χ1v) is 12.3. The lowest BCUT2D eigenvalue weighted by molar-refractivity contribution is -0.138. The Balaban J connectivity index is 1.77. The van der Waals surface area contributed by atoms with Crippen LogP contribution in [0, 0.1) is 13.8 Å². The zero-order valence-corrected chi connectivity index (χ0v) is 19.8. The molecule has 1 unspecified atom stereocenters. The van der Waals surface area contributed by atoms with E-state index in [9.17, 15) is 18.0 Å². The molecule has 0 aliphatic heterocycles. The summed E-state index contributed by atoms with van der Waals surface area (Å²) in [5.41, 5.74) is 1.21. The van der Waals surface area contributed by atoms with Crippen LogP contribution in [-0.4, -0.2) is 21.8 Å². The molecule has 2 heterocycles. The molecule has 0 aliphatic carbocycles. The molecule has 174 valence electrons. The molecule has 2 aromatic heterocycles. The summed E-state index contributed by atoms with van der Waals surface area (Å²) < 4.78 is 46.1. The average molecular weight is 486 g/mol. The number of hydrogen-bond donors (Lipinski definition) is 1. The monoisotopic (exact) mass is 485 g/mol. The number of benzene rings is 1. The van der Waals surface area contributed by atoms with Gasteiger partial charge in [0.15, 0.2) is 0 Å². The van der Waals surface area contributed by atoms with Gasteiger partial charge in [-0.05, 0) is 44.4 Å². The van der Waals surface area contributed by atoms with Crippen molar-refractivity contribution in [1.82, 2.24) is 4.98 Å². The first kappa shape index (κ1) is 24.6. The molecule has 0 spiro atoms. The number of carbonyl (C=O) groups is 1. The zero-order valence-electron chi connectivity index (χ0n) is 18.2. The minimum Gasteiger partial charge on any atom is -0.481 e. The molecule has 0 amide bonds. The third-order valence-electron chi connectivity index (χ3n) is 5.46. The zero-order chi connectivity index (χ0) is 23.5. The Labute approximate surface area is 193 Å². The fourth-order valence-corrected chi connectivity index (χ4v) is 6.07. The van der Waals surface area contributed by atoms with Crippen LogP contribution < -0.4 is 0 Å². The summed E-state index contributed by atoms with van der Waals surface area (Å²) in [5, 5.41) is 9.72. The van der Waals surface area contributed by atoms with E-state index in [0.29, 0.717) is 0 Å². The van der Waals surface area contributed by atoms with E-state index in [0.717, 1.165) is 75.2 Å². The Kier molecular flexibility index (Phi) is 7.92. The second kappa shape index (κ2) is 10.3. The number of rotatable bonds is 10. The van der Waals surface area contributed by atoms with E-state index >= 15 is 0 Å². The number of fused-ring (bicyclic) bond motifs is 1. The van der Waals surface area contributed by atoms with Gasteiger partial charge in [0, 0.05) is 21.9 Å². The number of carboxylic acids is 1. The summed E-state index contributed by atoms with van der Waals surface area (Å²) in [7, 11) is 0. The van der Waals surface area contributed by atoms with Crippen LogP contribution in [0.15, 0.2) is 27.0 Å². The molecule has 0 saturated carbocycles. The van der Waals surface area contributed by atoms with Gasteiger partial charge in [-0.25, -0.2) is 4.98 Å².